The van der Waals surface area contributed by atoms with Crippen LogP contribution in [0.15, 0.2) is 0 Å². The molecule has 0 fully saturated rings. The number of hydrogen-bond acceptors (Lipinski definition) is 0. The van der Waals surface area contributed by atoms with Crippen LogP contribution in [0.2, 0.25) is 0 Å². The van der Waals surface area contributed by atoms with Crippen LogP contribution in [0.5, 0.6) is 0 Å². The summed E-state index contributed by atoms with van der Waals surface area (Å²) < 4.78 is 0. The van der Waals surface area contributed by atoms with Crippen LogP contribution in [0.1, 0.15) is 78.6 Å². The van der Waals surface area contributed by atoms with Crippen molar-refractivity contribution in [3.63, 3.8) is 0 Å². The summed E-state index contributed by atoms with van der Waals surface area (Å²) in [7, 11) is 5.40. The van der Waals surface area contributed by atoms with Crippen LogP contribution in [0, 0.1) is 0 Å². The van der Waals surface area contributed by atoms with Gasteiger partial charge in [-0.2, -0.15) is 0 Å². The van der Waals surface area contributed by atoms with E-state index in [1.807, 2.05) is 0 Å². The third-order valence-corrected chi connectivity index (χ3v) is 3.95. The number of rotatable bonds is 9. The maximum Gasteiger partial charge on any atom is -0.0150 e. The van der Waals surface area contributed by atoms with Crippen molar-refractivity contribution in [1.82, 2.24) is 0 Å². The van der Waals surface area contributed by atoms with E-state index in [0.717, 1.165) is 0 Å². The smallest absolute Gasteiger partial charge is 0.0150 e. The predicted octanol–water partition coefficient (Wildman–Crippen LogP) is 6.34. The average Bonchev–Trinajstić information content (AvgIpc) is 2.34. The molecule has 0 heterocycles. The first kappa shape index (κ1) is 19.7. The lowest BCUT2D eigenvalue weighted by Gasteiger charge is -2.29. The molecule has 0 bridgehead atoms. The molecule has 0 spiro atoms. The molecule has 0 nitrogen and oxygen atoms in total. The van der Waals surface area contributed by atoms with Crippen molar-refractivity contribution in [2.75, 3.05) is 0 Å². The second-order valence-electron chi connectivity index (χ2n) is 4.67. The van der Waals surface area contributed by atoms with Gasteiger partial charge in [-0.1, -0.05) is 82.7 Å². The van der Waals surface area contributed by atoms with Gasteiger partial charge in [-0.15, -0.1) is 9.24 Å². The molecule has 0 saturated heterocycles. The van der Waals surface area contributed by atoms with Gasteiger partial charge < -0.3 is 0 Å². The molecule has 0 aromatic heterocycles. The highest BCUT2D eigenvalue weighted by Crippen LogP contribution is 2.36. The summed E-state index contributed by atoms with van der Waals surface area (Å²) in [6, 6.07) is 0. The molecule has 0 saturated carbocycles. The van der Waals surface area contributed by atoms with E-state index in [1.165, 1.54) is 57.8 Å². The van der Waals surface area contributed by atoms with Gasteiger partial charge in [0.05, 0.1) is 0 Å². The lowest BCUT2D eigenvalue weighted by molar-refractivity contribution is 0.424. The first-order valence-electron chi connectivity index (χ1n) is 6.69. The van der Waals surface area contributed by atoms with Crippen LogP contribution in [0.4, 0.5) is 0 Å². The standard InChI is InChI=1S/C13H29P.BrH2P/c1-4-7-10-13(14,11-8-5-2)12-9-6-3;1-2/h4-12,14H2,1-3H3;2H2. The molecule has 16 heavy (non-hydrogen) atoms. The fraction of sp³-hybridized carbons (Fsp3) is 1.00. The Morgan fingerprint density at radius 1 is 0.750 bits per heavy atom. The van der Waals surface area contributed by atoms with E-state index in [0.29, 0.717) is 5.16 Å². The number of unbranched alkanes of at least 4 members (excludes halogenated alkanes) is 3. The summed E-state index contributed by atoms with van der Waals surface area (Å²) in [6.07, 6.45) is 12.5. The molecule has 0 aliphatic heterocycles. The molecular weight excluding hydrogens is 298 g/mol. The minimum Gasteiger partial charge on any atom is -0.131 e. The molecule has 2 unspecified atom stereocenters. The van der Waals surface area contributed by atoms with Gasteiger partial charge in [0.1, 0.15) is 0 Å². The molecule has 0 N–H and O–H groups in total. The fourth-order valence-electron chi connectivity index (χ4n) is 1.96. The van der Waals surface area contributed by atoms with Crippen molar-refractivity contribution in [2.24, 2.45) is 0 Å². The zero-order valence-corrected chi connectivity index (χ0v) is 15.3. The summed E-state index contributed by atoms with van der Waals surface area (Å²) in [6.45, 7) is 6.89. The highest BCUT2D eigenvalue weighted by atomic mass is 79.9. The lowest BCUT2D eigenvalue weighted by atomic mass is 9.90. The van der Waals surface area contributed by atoms with Crippen molar-refractivity contribution in [3.8, 4) is 0 Å². The van der Waals surface area contributed by atoms with Crippen molar-refractivity contribution >= 4 is 32.7 Å². The minimum absolute atomic E-state index is 0.571. The second-order valence-corrected chi connectivity index (χ2v) is 5.90. The molecular formula is C13H31BrP2. The van der Waals surface area contributed by atoms with Crippen molar-refractivity contribution < 1.29 is 0 Å². The molecule has 2 atom stereocenters. The quantitative estimate of drug-likeness (QED) is 0.433. The average molecular weight is 329 g/mol. The van der Waals surface area contributed by atoms with Crippen molar-refractivity contribution in [3.05, 3.63) is 0 Å². The Hall–Kier alpha value is 1.34. The summed E-state index contributed by atoms with van der Waals surface area (Å²) in [5.41, 5.74) is 0. The Labute approximate surface area is 116 Å². The molecule has 0 radical (unpaired) electrons. The van der Waals surface area contributed by atoms with Gasteiger partial charge in [-0.25, -0.2) is 0 Å². The largest absolute Gasteiger partial charge is 0.131 e. The summed E-state index contributed by atoms with van der Waals surface area (Å²) in [5.74, 6) is 0. The minimum atomic E-state index is 0.571. The van der Waals surface area contributed by atoms with Crippen LogP contribution in [0.25, 0.3) is 0 Å². The molecule has 0 amide bonds. The Morgan fingerprint density at radius 2 is 1.00 bits per heavy atom. The lowest BCUT2D eigenvalue weighted by Crippen LogP contribution is -2.20. The van der Waals surface area contributed by atoms with Gasteiger partial charge >= 0.3 is 0 Å². The van der Waals surface area contributed by atoms with E-state index >= 15 is 0 Å². The van der Waals surface area contributed by atoms with Crippen LogP contribution in [-0.2, 0) is 0 Å². The molecule has 3 heteroatoms. The van der Waals surface area contributed by atoms with Gasteiger partial charge in [0, 0.05) is 0 Å². The maximum atomic E-state index is 3.17. The monoisotopic (exact) mass is 328 g/mol. The van der Waals surface area contributed by atoms with Crippen LogP contribution >= 0.6 is 32.7 Å². The summed E-state index contributed by atoms with van der Waals surface area (Å²) >= 11 is 2.85. The van der Waals surface area contributed by atoms with Crippen molar-refractivity contribution in [1.29, 1.82) is 0 Å². The Morgan fingerprint density at radius 3 is 1.19 bits per heavy atom. The van der Waals surface area contributed by atoms with E-state index in [2.05, 4.69) is 53.4 Å². The van der Waals surface area contributed by atoms with E-state index in [-0.39, 0.29) is 0 Å². The molecule has 0 aliphatic carbocycles. The SMILES string of the molecule is CCCCC(P)(CCCC)CCCC.PBr. The third-order valence-electron chi connectivity index (χ3n) is 3.08. The Bertz CT molecular complexity index is 107. The van der Waals surface area contributed by atoms with Crippen molar-refractivity contribution in [2.45, 2.75) is 83.7 Å². The fourth-order valence-corrected chi connectivity index (χ4v) is 2.57. The first-order valence-corrected chi connectivity index (χ1v) is 10.4. The maximum absolute atomic E-state index is 3.17. The topological polar surface area (TPSA) is 0 Å². The zero-order valence-electron chi connectivity index (χ0n) is 11.4. The van der Waals surface area contributed by atoms with Gasteiger partial charge in [0.15, 0.2) is 0 Å². The summed E-state index contributed by atoms with van der Waals surface area (Å²) in [5, 5.41) is 0.571. The molecule has 100 valence electrons. The first-order chi connectivity index (χ1) is 7.68. The Kier molecular flexibility index (Phi) is 17.7. The van der Waals surface area contributed by atoms with Gasteiger partial charge in [-0.05, 0) is 24.4 Å². The van der Waals surface area contributed by atoms with Gasteiger partial charge in [-0.3, -0.25) is 0 Å². The van der Waals surface area contributed by atoms with E-state index in [9.17, 15) is 0 Å². The highest BCUT2D eigenvalue weighted by molar-refractivity contribution is 9.34. The Balaban J connectivity index is 0. The number of hydrogen-bond donors (Lipinski definition) is 0. The third kappa shape index (κ3) is 11.8. The molecule has 0 rings (SSSR count). The zero-order chi connectivity index (χ0) is 12.9. The molecule has 0 aromatic carbocycles. The van der Waals surface area contributed by atoms with E-state index in [4.69, 9.17) is 0 Å². The molecule has 0 aromatic rings. The van der Waals surface area contributed by atoms with Crippen LogP contribution in [0.3, 0.4) is 0 Å². The van der Waals surface area contributed by atoms with Gasteiger partial charge in [0.2, 0.25) is 0 Å². The van der Waals surface area contributed by atoms with E-state index < -0.39 is 0 Å². The molecule has 0 aliphatic rings. The number of halogens is 1. The van der Waals surface area contributed by atoms with Gasteiger partial charge in [0.25, 0.3) is 0 Å². The predicted molar refractivity (Wildman–Crippen MR) is 89.7 cm³/mol. The van der Waals surface area contributed by atoms with E-state index in [1.54, 1.807) is 0 Å². The van der Waals surface area contributed by atoms with Crippen LogP contribution in [-0.4, -0.2) is 5.16 Å². The summed E-state index contributed by atoms with van der Waals surface area (Å²) in [4.78, 5) is 0. The highest BCUT2D eigenvalue weighted by Gasteiger charge is 2.22. The normalized spacial score (nSPS) is 10.9. The van der Waals surface area contributed by atoms with Crippen LogP contribution < -0.4 is 0 Å². The second kappa shape index (κ2) is 14.4.